The number of nitrogen functional groups attached to an aromatic ring is 1. The van der Waals surface area contributed by atoms with Crippen molar-refractivity contribution >= 4 is 82.7 Å². The Bertz CT molecular complexity index is 2290. The third-order valence-corrected chi connectivity index (χ3v) is 8.21. The van der Waals surface area contributed by atoms with E-state index in [0.717, 1.165) is 12.1 Å². The Hall–Kier alpha value is -5.90. The number of carbonyl (C=O) groups is 2. The Morgan fingerprint density at radius 3 is 2.12 bits per heavy atom. The van der Waals surface area contributed by atoms with E-state index in [1.165, 1.54) is 30.3 Å². The Morgan fingerprint density at radius 1 is 0.875 bits per heavy atom. The van der Waals surface area contributed by atoms with E-state index in [0.29, 0.717) is 17.7 Å². The number of aryl methyl sites for hydroxylation is 1. The summed E-state index contributed by atoms with van der Waals surface area (Å²) in [5, 5.41) is 48.1. The molecule has 4 aromatic rings. The average Bonchev–Trinajstić information content (AvgIpc) is 2.98. The van der Waals surface area contributed by atoms with Crippen molar-refractivity contribution in [1.82, 2.24) is 0 Å². The fourth-order valence-electron chi connectivity index (χ4n) is 4.24. The molecule has 1 amide bonds. The molecule has 4 rings (SSSR count). The lowest BCUT2D eigenvalue weighted by Crippen LogP contribution is -2.13. The number of phenols is 1. The minimum atomic E-state index is -5.04. The lowest BCUT2D eigenvalue weighted by Gasteiger charge is -2.12. The van der Waals surface area contributed by atoms with E-state index in [1.54, 1.807) is 6.92 Å². The Kier molecular flexibility index (Phi) is 9.80. The Labute approximate surface area is 270 Å². The van der Waals surface area contributed by atoms with Gasteiger partial charge in [0, 0.05) is 29.6 Å². The molecular weight excluding hydrogens is 678 g/mol. The lowest BCUT2D eigenvalue weighted by molar-refractivity contribution is -0.384. The predicted molar refractivity (Wildman–Crippen MR) is 168 cm³/mol. The fourth-order valence-corrected chi connectivity index (χ4v) is 5.47. The number of rotatable bonds is 11. The van der Waals surface area contributed by atoms with E-state index >= 15 is 0 Å². The van der Waals surface area contributed by atoms with E-state index in [4.69, 9.17) is 10.8 Å². The van der Waals surface area contributed by atoms with Crippen molar-refractivity contribution in [3.05, 3.63) is 70.3 Å². The third kappa shape index (κ3) is 8.08. The van der Waals surface area contributed by atoms with Crippen LogP contribution >= 0.6 is 0 Å². The van der Waals surface area contributed by atoms with Crippen LogP contribution in [0.1, 0.15) is 18.4 Å². The summed E-state index contributed by atoms with van der Waals surface area (Å²) in [5.41, 5.74) is 5.71. The number of nitrogens with two attached hydrogens (primary N) is 1. The van der Waals surface area contributed by atoms with E-state index in [9.17, 15) is 50.8 Å². The number of hydrogen-bond donors (Lipinski definition) is 6. The van der Waals surface area contributed by atoms with Crippen LogP contribution in [-0.2, 0) is 29.8 Å². The van der Waals surface area contributed by atoms with Crippen LogP contribution in [0.25, 0.3) is 10.8 Å². The summed E-state index contributed by atoms with van der Waals surface area (Å²) in [5.74, 6) is -2.66. The van der Waals surface area contributed by atoms with Crippen LogP contribution in [-0.4, -0.2) is 53.0 Å². The highest BCUT2D eigenvalue weighted by Gasteiger charge is 2.24. The van der Waals surface area contributed by atoms with Gasteiger partial charge in [0.05, 0.1) is 38.7 Å². The fraction of sp³-hybridized carbons (Fsp3) is 0.111. The number of aromatic hydroxyl groups is 1. The second-order valence-electron chi connectivity index (χ2n) is 9.90. The molecule has 0 fully saturated rings. The number of carboxylic acid groups (broad SMARTS) is 1. The molecule has 0 radical (unpaired) electrons. The SMILES string of the molecule is Cc1cc(/N=N/c2cc(S(=O)(=O)O)c3cc(S(=O)(=O)O)cc(O)c3c2N)ccc1/N=N/c1ccc(NC(=O)CCC(=O)O)cc1[N+](=O)[O-]. The van der Waals surface area contributed by atoms with Crippen LogP contribution in [0.5, 0.6) is 5.75 Å². The van der Waals surface area contributed by atoms with Crippen molar-refractivity contribution in [3.63, 3.8) is 0 Å². The molecule has 0 aliphatic heterocycles. The highest BCUT2D eigenvalue weighted by molar-refractivity contribution is 7.86. The minimum Gasteiger partial charge on any atom is -0.507 e. The van der Waals surface area contributed by atoms with Gasteiger partial charge in [0.2, 0.25) is 5.91 Å². The van der Waals surface area contributed by atoms with Gasteiger partial charge in [-0.3, -0.25) is 28.8 Å². The third-order valence-electron chi connectivity index (χ3n) is 6.49. The molecule has 7 N–H and O–H groups in total. The van der Waals surface area contributed by atoms with Crippen molar-refractivity contribution in [1.29, 1.82) is 0 Å². The van der Waals surface area contributed by atoms with Crippen LogP contribution in [0.15, 0.2) is 84.8 Å². The van der Waals surface area contributed by atoms with E-state index in [-0.39, 0.29) is 45.9 Å². The van der Waals surface area contributed by atoms with Gasteiger partial charge >= 0.3 is 5.97 Å². The number of fused-ring (bicyclic) bond motifs is 1. The minimum absolute atomic E-state index is 0.0516. The number of hydrogen-bond acceptors (Lipinski definition) is 14. The summed E-state index contributed by atoms with van der Waals surface area (Å²) < 4.78 is 66.5. The number of carbonyl (C=O) groups excluding carboxylic acids is 1. The van der Waals surface area contributed by atoms with E-state index < -0.39 is 70.1 Å². The first kappa shape index (κ1) is 35.0. The lowest BCUT2D eigenvalue weighted by atomic mass is 10.1. The molecule has 4 aromatic carbocycles. The van der Waals surface area contributed by atoms with E-state index in [1.807, 2.05) is 0 Å². The molecule has 0 saturated heterocycles. The van der Waals surface area contributed by atoms with Gasteiger partial charge in [0.1, 0.15) is 16.3 Å². The molecule has 0 heterocycles. The van der Waals surface area contributed by atoms with Gasteiger partial charge in [0.25, 0.3) is 25.9 Å². The quantitative estimate of drug-likeness (QED) is 0.0372. The molecule has 21 heteroatoms. The van der Waals surface area contributed by atoms with Crippen LogP contribution in [0.4, 0.5) is 39.8 Å². The van der Waals surface area contributed by atoms with Gasteiger partial charge in [-0.25, -0.2) is 0 Å². The van der Waals surface area contributed by atoms with Gasteiger partial charge in [0.15, 0.2) is 5.69 Å². The molecular formula is C27H23N7O12S2. The molecule has 0 saturated carbocycles. The summed E-state index contributed by atoms with van der Waals surface area (Å²) in [6.45, 7) is 1.60. The number of nitro benzene ring substituents is 1. The number of benzene rings is 4. The van der Waals surface area contributed by atoms with Gasteiger partial charge in [-0.05, 0) is 55.0 Å². The zero-order chi connectivity index (χ0) is 35.6. The number of amides is 1. The largest absolute Gasteiger partial charge is 0.507 e. The van der Waals surface area contributed by atoms with Crippen molar-refractivity contribution < 1.29 is 50.7 Å². The molecule has 0 bridgehead atoms. The summed E-state index contributed by atoms with van der Waals surface area (Å²) in [6.07, 6.45) is -0.746. The molecule has 0 atom stereocenters. The van der Waals surface area contributed by atoms with Gasteiger partial charge in [-0.1, -0.05) is 0 Å². The number of nitro groups is 1. The van der Waals surface area contributed by atoms with Crippen LogP contribution in [0.2, 0.25) is 0 Å². The summed E-state index contributed by atoms with van der Waals surface area (Å²) in [6, 6.07) is 10.1. The molecule has 19 nitrogen and oxygen atoms in total. The molecule has 0 spiro atoms. The first-order chi connectivity index (χ1) is 22.3. The molecule has 0 aromatic heterocycles. The number of anilines is 2. The second kappa shape index (κ2) is 13.4. The molecule has 48 heavy (non-hydrogen) atoms. The van der Waals surface area contributed by atoms with Crippen LogP contribution < -0.4 is 11.1 Å². The Balaban J connectivity index is 1.63. The smallest absolute Gasteiger partial charge is 0.303 e. The van der Waals surface area contributed by atoms with Crippen molar-refractivity contribution in [2.24, 2.45) is 20.5 Å². The summed E-state index contributed by atoms with van der Waals surface area (Å²) in [7, 11) is -9.93. The maximum atomic E-state index is 12.1. The molecule has 0 aliphatic rings. The van der Waals surface area contributed by atoms with Gasteiger partial charge < -0.3 is 21.3 Å². The highest BCUT2D eigenvalue weighted by atomic mass is 32.2. The second-order valence-corrected chi connectivity index (χ2v) is 12.7. The predicted octanol–water partition coefficient (Wildman–Crippen LogP) is 5.47. The Morgan fingerprint density at radius 2 is 1.52 bits per heavy atom. The van der Waals surface area contributed by atoms with Crippen LogP contribution in [0.3, 0.4) is 0 Å². The maximum absolute atomic E-state index is 12.1. The maximum Gasteiger partial charge on any atom is 0.303 e. The molecule has 250 valence electrons. The van der Waals surface area contributed by atoms with Crippen molar-refractivity contribution in [3.8, 4) is 5.75 Å². The summed E-state index contributed by atoms with van der Waals surface area (Å²) >= 11 is 0. The average molecular weight is 702 g/mol. The number of phenolic OH excluding ortho intramolecular Hbond substituents is 1. The molecule has 0 aliphatic carbocycles. The zero-order valence-electron chi connectivity index (χ0n) is 24.3. The number of azo groups is 2. The monoisotopic (exact) mass is 701 g/mol. The van der Waals surface area contributed by atoms with Gasteiger partial charge in [-0.15, -0.1) is 10.2 Å². The number of carboxylic acids is 1. The van der Waals surface area contributed by atoms with E-state index in [2.05, 4.69) is 25.8 Å². The number of nitrogens with zero attached hydrogens (tertiary/aromatic N) is 5. The highest BCUT2D eigenvalue weighted by Crippen LogP contribution is 2.42. The number of aliphatic carboxylic acids is 1. The zero-order valence-corrected chi connectivity index (χ0v) is 25.9. The normalized spacial score (nSPS) is 12.1. The van der Waals surface area contributed by atoms with Gasteiger partial charge in [-0.2, -0.15) is 27.1 Å². The standard InChI is InChI=1S/C27H23N7O12S2/c1-13-8-15(3-4-18(13)31-32-19-5-2-14(9-21(19)34(39)40)29-24(36)6-7-25(37)38)30-33-20-12-23(48(44,45)46)17-10-16(47(41,42)43)11-22(35)26(17)27(20)28/h2-5,8-12,35H,6-7,28H2,1H3,(H,29,36)(H,37,38)(H,41,42,43)(H,44,45,46)/b32-31+,33-30+. The first-order valence-electron chi connectivity index (χ1n) is 13.1. The van der Waals surface area contributed by atoms with Crippen molar-refractivity contribution in [2.75, 3.05) is 11.1 Å². The summed E-state index contributed by atoms with van der Waals surface area (Å²) in [4.78, 5) is 31.7. The van der Waals surface area contributed by atoms with Crippen LogP contribution in [0, 0.1) is 17.0 Å². The molecule has 0 unspecified atom stereocenters. The topological polar surface area (TPSA) is 314 Å². The first-order valence-corrected chi connectivity index (χ1v) is 16.0. The number of nitrogens with one attached hydrogen (secondary N) is 1. The van der Waals surface area contributed by atoms with Crippen molar-refractivity contribution in [2.45, 2.75) is 29.6 Å².